The fourth-order valence-electron chi connectivity index (χ4n) is 2.10. The SMILES string of the molecule is Cc1nn(-c2cccc(Cl)c2)c(C)c1CNC(C)C. The van der Waals surface area contributed by atoms with E-state index >= 15 is 0 Å². The molecule has 0 saturated heterocycles. The average molecular weight is 278 g/mol. The molecule has 0 bridgehead atoms. The maximum absolute atomic E-state index is 6.04. The Bertz CT molecular complexity index is 573. The van der Waals surface area contributed by atoms with Gasteiger partial charge in [-0.25, -0.2) is 4.68 Å². The van der Waals surface area contributed by atoms with Gasteiger partial charge in [-0.1, -0.05) is 31.5 Å². The third-order valence-corrected chi connectivity index (χ3v) is 3.42. The summed E-state index contributed by atoms with van der Waals surface area (Å²) in [5.41, 5.74) is 4.48. The number of halogens is 1. The fourth-order valence-corrected chi connectivity index (χ4v) is 2.28. The lowest BCUT2D eigenvalue weighted by atomic mass is 10.2. The lowest BCUT2D eigenvalue weighted by molar-refractivity contribution is 0.586. The molecule has 2 rings (SSSR count). The Morgan fingerprint density at radius 3 is 2.68 bits per heavy atom. The molecule has 0 saturated carbocycles. The fraction of sp³-hybridized carbons (Fsp3) is 0.400. The predicted molar refractivity (Wildman–Crippen MR) is 80.0 cm³/mol. The van der Waals surface area contributed by atoms with Crippen molar-refractivity contribution >= 4 is 11.6 Å². The van der Waals surface area contributed by atoms with Crippen molar-refractivity contribution in [2.75, 3.05) is 0 Å². The minimum atomic E-state index is 0.466. The molecule has 0 radical (unpaired) electrons. The van der Waals surface area contributed by atoms with Crippen LogP contribution >= 0.6 is 11.6 Å². The van der Waals surface area contributed by atoms with Gasteiger partial charge >= 0.3 is 0 Å². The molecule has 102 valence electrons. The zero-order chi connectivity index (χ0) is 14.0. The Morgan fingerprint density at radius 2 is 2.05 bits per heavy atom. The van der Waals surface area contributed by atoms with Crippen LogP contribution in [0.3, 0.4) is 0 Å². The van der Waals surface area contributed by atoms with E-state index in [4.69, 9.17) is 11.6 Å². The summed E-state index contributed by atoms with van der Waals surface area (Å²) in [6.07, 6.45) is 0. The quantitative estimate of drug-likeness (QED) is 0.925. The van der Waals surface area contributed by atoms with Crippen molar-refractivity contribution in [3.8, 4) is 5.69 Å². The maximum Gasteiger partial charge on any atom is 0.0663 e. The molecule has 2 aromatic rings. The van der Waals surface area contributed by atoms with E-state index in [1.165, 1.54) is 5.56 Å². The number of nitrogens with zero attached hydrogens (tertiary/aromatic N) is 2. The second kappa shape index (κ2) is 5.76. The number of rotatable bonds is 4. The molecular weight excluding hydrogens is 258 g/mol. The number of benzene rings is 1. The van der Waals surface area contributed by atoms with E-state index in [0.29, 0.717) is 6.04 Å². The zero-order valence-electron chi connectivity index (χ0n) is 11.9. The molecule has 19 heavy (non-hydrogen) atoms. The van der Waals surface area contributed by atoms with Crippen molar-refractivity contribution in [1.82, 2.24) is 15.1 Å². The van der Waals surface area contributed by atoms with E-state index in [0.717, 1.165) is 28.6 Å². The molecule has 0 unspecified atom stereocenters. The number of nitrogens with one attached hydrogen (secondary N) is 1. The number of aromatic nitrogens is 2. The van der Waals surface area contributed by atoms with E-state index in [1.54, 1.807) is 0 Å². The molecule has 0 amide bonds. The largest absolute Gasteiger partial charge is 0.310 e. The molecule has 3 nitrogen and oxygen atoms in total. The maximum atomic E-state index is 6.04. The van der Waals surface area contributed by atoms with E-state index in [1.807, 2.05) is 35.9 Å². The predicted octanol–water partition coefficient (Wildman–Crippen LogP) is 3.64. The summed E-state index contributed by atoms with van der Waals surface area (Å²) in [6.45, 7) is 9.28. The summed E-state index contributed by atoms with van der Waals surface area (Å²) in [5.74, 6) is 0. The van der Waals surface area contributed by atoms with Crippen molar-refractivity contribution in [3.63, 3.8) is 0 Å². The Hall–Kier alpha value is -1.32. The summed E-state index contributed by atoms with van der Waals surface area (Å²) < 4.78 is 1.96. The highest BCUT2D eigenvalue weighted by Gasteiger charge is 2.12. The second-order valence-electron chi connectivity index (χ2n) is 5.08. The zero-order valence-corrected chi connectivity index (χ0v) is 12.6. The average Bonchev–Trinajstić information content (AvgIpc) is 2.62. The van der Waals surface area contributed by atoms with Gasteiger partial charge in [0.05, 0.1) is 11.4 Å². The first-order valence-electron chi connectivity index (χ1n) is 6.53. The molecule has 0 atom stereocenters. The minimum absolute atomic E-state index is 0.466. The van der Waals surface area contributed by atoms with Crippen LogP contribution in [0, 0.1) is 13.8 Å². The first-order chi connectivity index (χ1) is 8.99. The van der Waals surface area contributed by atoms with E-state index < -0.39 is 0 Å². The summed E-state index contributed by atoms with van der Waals surface area (Å²) in [5, 5.41) is 8.79. The lowest BCUT2D eigenvalue weighted by Gasteiger charge is -2.09. The molecule has 1 N–H and O–H groups in total. The van der Waals surface area contributed by atoms with Crippen molar-refractivity contribution in [2.24, 2.45) is 0 Å². The Balaban J connectivity index is 2.35. The summed E-state index contributed by atoms with van der Waals surface area (Å²) >= 11 is 6.04. The Labute approximate surface area is 119 Å². The van der Waals surface area contributed by atoms with Crippen LogP contribution in [0.5, 0.6) is 0 Å². The van der Waals surface area contributed by atoms with Gasteiger partial charge in [0.15, 0.2) is 0 Å². The highest BCUT2D eigenvalue weighted by Crippen LogP contribution is 2.20. The van der Waals surface area contributed by atoms with Gasteiger partial charge in [0.25, 0.3) is 0 Å². The van der Waals surface area contributed by atoms with Gasteiger partial charge in [-0.2, -0.15) is 5.10 Å². The normalized spacial score (nSPS) is 11.3. The van der Waals surface area contributed by atoms with Crippen LogP contribution in [-0.2, 0) is 6.54 Å². The van der Waals surface area contributed by atoms with E-state index in [9.17, 15) is 0 Å². The molecular formula is C15H20ClN3. The van der Waals surface area contributed by atoms with Gasteiger partial charge in [-0.15, -0.1) is 0 Å². The Morgan fingerprint density at radius 1 is 1.32 bits per heavy atom. The number of hydrogen-bond donors (Lipinski definition) is 1. The molecule has 0 spiro atoms. The van der Waals surface area contributed by atoms with Crippen LogP contribution in [0.4, 0.5) is 0 Å². The van der Waals surface area contributed by atoms with Gasteiger partial charge in [-0.05, 0) is 32.0 Å². The van der Waals surface area contributed by atoms with Crippen LogP contribution in [-0.4, -0.2) is 15.8 Å². The van der Waals surface area contributed by atoms with E-state index in [2.05, 4.69) is 31.2 Å². The number of hydrogen-bond acceptors (Lipinski definition) is 2. The molecule has 0 aliphatic rings. The number of aryl methyl sites for hydroxylation is 1. The molecule has 1 aromatic carbocycles. The molecule has 1 heterocycles. The second-order valence-corrected chi connectivity index (χ2v) is 5.51. The van der Waals surface area contributed by atoms with Gasteiger partial charge in [-0.3, -0.25) is 0 Å². The van der Waals surface area contributed by atoms with Crippen molar-refractivity contribution in [3.05, 3.63) is 46.2 Å². The third-order valence-electron chi connectivity index (χ3n) is 3.18. The highest BCUT2D eigenvalue weighted by molar-refractivity contribution is 6.30. The molecule has 0 aliphatic heterocycles. The summed E-state index contributed by atoms with van der Waals surface area (Å²) in [6, 6.07) is 8.23. The third kappa shape index (κ3) is 3.17. The van der Waals surface area contributed by atoms with Gasteiger partial charge in [0.1, 0.15) is 0 Å². The molecule has 4 heteroatoms. The minimum Gasteiger partial charge on any atom is -0.310 e. The topological polar surface area (TPSA) is 29.9 Å². The van der Waals surface area contributed by atoms with Crippen LogP contribution in [0.2, 0.25) is 5.02 Å². The Kier molecular flexibility index (Phi) is 4.27. The van der Waals surface area contributed by atoms with Crippen molar-refractivity contribution < 1.29 is 0 Å². The highest BCUT2D eigenvalue weighted by atomic mass is 35.5. The lowest BCUT2D eigenvalue weighted by Crippen LogP contribution is -2.22. The van der Waals surface area contributed by atoms with Gasteiger partial charge < -0.3 is 5.32 Å². The van der Waals surface area contributed by atoms with Gasteiger partial charge in [0.2, 0.25) is 0 Å². The molecule has 1 aromatic heterocycles. The van der Waals surface area contributed by atoms with E-state index in [-0.39, 0.29) is 0 Å². The molecule has 0 fully saturated rings. The van der Waals surface area contributed by atoms with Crippen molar-refractivity contribution in [2.45, 2.75) is 40.3 Å². The van der Waals surface area contributed by atoms with Gasteiger partial charge in [0, 0.05) is 28.9 Å². The monoisotopic (exact) mass is 277 g/mol. The van der Waals surface area contributed by atoms with Crippen LogP contribution in [0.15, 0.2) is 24.3 Å². The van der Waals surface area contributed by atoms with Crippen LogP contribution in [0.25, 0.3) is 5.69 Å². The standard InChI is InChI=1S/C15H20ClN3/c1-10(2)17-9-15-11(3)18-19(12(15)4)14-7-5-6-13(16)8-14/h5-8,10,17H,9H2,1-4H3. The summed E-state index contributed by atoms with van der Waals surface area (Å²) in [4.78, 5) is 0. The first kappa shape index (κ1) is 14.1. The van der Waals surface area contributed by atoms with Crippen LogP contribution < -0.4 is 5.32 Å². The van der Waals surface area contributed by atoms with Crippen LogP contribution in [0.1, 0.15) is 30.8 Å². The summed E-state index contributed by atoms with van der Waals surface area (Å²) in [7, 11) is 0. The smallest absolute Gasteiger partial charge is 0.0663 e. The molecule has 0 aliphatic carbocycles. The first-order valence-corrected chi connectivity index (χ1v) is 6.91. The van der Waals surface area contributed by atoms with Crippen molar-refractivity contribution in [1.29, 1.82) is 0 Å².